The third-order valence-electron chi connectivity index (χ3n) is 2.47. The minimum absolute atomic E-state index is 0.122. The van der Waals surface area contributed by atoms with Crippen LogP contribution in [0, 0.1) is 0 Å². The van der Waals surface area contributed by atoms with E-state index in [2.05, 4.69) is 22.4 Å². The number of aromatic nitrogens is 1. The molecule has 2 N–H and O–H groups in total. The van der Waals surface area contributed by atoms with Gasteiger partial charge >= 0.3 is 0 Å². The van der Waals surface area contributed by atoms with Crippen molar-refractivity contribution in [2.75, 3.05) is 6.61 Å². The second-order valence-electron chi connectivity index (χ2n) is 3.96. The fourth-order valence-electron chi connectivity index (χ4n) is 1.44. The van der Waals surface area contributed by atoms with Crippen molar-refractivity contribution in [2.24, 2.45) is 0 Å². The largest absolute Gasteiger partial charge is 0.395 e. The molecule has 0 aliphatic heterocycles. The fourth-order valence-corrected chi connectivity index (χ4v) is 2.31. The van der Waals surface area contributed by atoms with Gasteiger partial charge in [0.1, 0.15) is 5.01 Å². The first-order chi connectivity index (χ1) is 8.29. The lowest BCUT2D eigenvalue weighted by molar-refractivity contribution is 0.251. The Hall–Kier alpha value is -1.23. The molecule has 0 aliphatic rings. The summed E-state index contributed by atoms with van der Waals surface area (Å²) in [5.74, 6) is 0. The van der Waals surface area contributed by atoms with Crippen LogP contribution in [0.1, 0.15) is 11.8 Å². The van der Waals surface area contributed by atoms with Gasteiger partial charge in [-0.15, -0.1) is 11.3 Å². The van der Waals surface area contributed by atoms with Gasteiger partial charge in [-0.2, -0.15) is 0 Å². The normalized spacial score (nSPS) is 12.6. The number of aliphatic hydroxyl groups excluding tert-OH is 1. The van der Waals surface area contributed by atoms with Gasteiger partial charge in [0.25, 0.3) is 0 Å². The average molecular weight is 248 g/mol. The van der Waals surface area contributed by atoms with Crippen LogP contribution in [0.15, 0.2) is 36.5 Å². The molecule has 4 heteroatoms. The van der Waals surface area contributed by atoms with E-state index >= 15 is 0 Å². The van der Waals surface area contributed by atoms with Gasteiger partial charge in [-0.1, -0.05) is 30.3 Å². The maximum atomic E-state index is 8.92. The minimum atomic E-state index is 0.122. The quantitative estimate of drug-likeness (QED) is 0.853. The van der Waals surface area contributed by atoms with E-state index < -0.39 is 0 Å². The molecular formula is C13H16N2OS. The molecule has 2 rings (SSSR count). The van der Waals surface area contributed by atoms with Crippen molar-refractivity contribution in [2.45, 2.75) is 19.5 Å². The van der Waals surface area contributed by atoms with Crippen LogP contribution in [-0.2, 0) is 6.54 Å². The van der Waals surface area contributed by atoms with Crippen LogP contribution in [0.25, 0.3) is 10.6 Å². The van der Waals surface area contributed by atoms with Crippen molar-refractivity contribution >= 4 is 11.3 Å². The zero-order chi connectivity index (χ0) is 12.1. The minimum Gasteiger partial charge on any atom is -0.395 e. The molecule has 1 heterocycles. The molecule has 90 valence electrons. The Labute approximate surface area is 105 Å². The summed E-state index contributed by atoms with van der Waals surface area (Å²) in [6.45, 7) is 2.87. The van der Waals surface area contributed by atoms with Crippen LogP contribution in [0.4, 0.5) is 0 Å². The second-order valence-corrected chi connectivity index (χ2v) is 5.08. The summed E-state index contributed by atoms with van der Waals surface area (Å²) in [7, 11) is 0. The van der Waals surface area contributed by atoms with E-state index in [-0.39, 0.29) is 12.6 Å². The number of nitrogens with zero attached hydrogens (tertiary/aromatic N) is 1. The summed E-state index contributed by atoms with van der Waals surface area (Å²) in [4.78, 5) is 5.59. The first-order valence-corrected chi connectivity index (χ1v) is 6.45. The Balaban J connectivity index is 2.01. The van der Waals surface area contributed by atoms with Gasteiger partial charge in [-0.25, -0.2) is 4.98 Å². The fraction of sp³-hybridized carbons (Fsp3) is 0.308. The molecule has 1 atom stereocenters. The Morgan fingerprint density at radius 3 is 2.82 bits per heavy atom. The molecule has 1 aromatic carbocycles. The van der Waals surface area contributed by atoms with E-state index in [0.29, 0.717) is 0 Å². The van der Waals surface area contributed by atoms with Gasteiger partial charge in [-0.3, -0.25) is 0 Å². The van der Waals surface area contributed by atoms with Gasteiger partial charge in [-0.05, 0) is 6.92 Å². The van der Waals surface area contributed by atoms with Crippen molar-refractivity contribution < 1.29 is 5.11 Å². The molecule has 1 aromatic heterocycles. The number of aliphatic hydroxyl groups is 1. The van der Waals surface area contributed by atoms with Gasteiger partial charge in [0, 0.05) is 29.2 Å². The van der Waals surface area contributed by atoms with Gasteiger partial charge < -0.3 is 10.4 Å². The lowest BCUT2D eigenvalue weighted by Gasteiger charge is -2.08. The Kier molecular flexibility index (Phi) is 4.25. The molecule has 0 spiro atoms. The molecule has 0 bridgehead atoms. The molecular weight excluding hydrogens is 232 g/mol. The van der Waals surface area contributed by atoms with E-state index in [1.165, 1.54) is 4.88 Å². The monoisotopic (exact) mass is 248 g/mol. The van der Waals surface area contributed by atoms with Crippen LogP contribution in [0.5, 0.6) is 0 Å². The predicted molar refractivity (Wildman–Crippen MR) is 70.9 cm³/mol. The van der Waals surface area contributed by atoms with Crippen molar-refractivity contribution in [3.05, 3.63) is 41.4 Å². The predicted octanol–water partition coefficient (Wildman–Crippen LogP) is 2.28. The highest BCUT2D eigenvalue weighted by Crippen LogP contribution is 2.24. The summed E-state index contributed by atoms with van der Waals surface area (Å²) >= 11 is 1.68. The molecule has 0 unspecified atom stereocenters. The van der Waals surface area contributed by atoms with E-state index in [1.54, 1.807) is 11.3 Å². The average Bonchev–Trinajstić information content (AvgIpc) is 2.86. The van der Waals surface area contributed by atoms with Crippen LogP contribution in [0.3, 0.4) is 0 Å². The molecule has 0 aliphatic carbocycles. The second kappa shape index (κ2) is 5.91. The first kappa shape index (κ1) is 12.2. The van der Waals surface area contributed by atoms with Crippen LogP contribution >= 0.6 is 11.3 Å². The Morgan fingerprint density at radius 1 is 1.35 bits per heavy atom. The lowest BCUT2D eigenvalue weighted by Crippen LogP contribution is -2.28. The zero-order valence-electron chi connectivity index (χ0n) is 9.76. The van der Waals surface area contributed by atoms with Gasteiger partial charge in [0.2, 0.25) is 0 Å². The van der Waals surface area contributed by atoms with Crippen molar-refractivity contribution in [3.8, 4) is 10.6 Å². The summed E-state index contributed by atoms with van der Waals surface area (Å²) in [5.41, 5.74) is 1.15. The van der Waals surface area contributed by atoms with Crippen molar-refractivity contribution in [1.29, 1.82) is 0 Å². The van der Waals surface area contributed by atoms with Crippen LogP contribution in [0.2, 0.25) is 0 Å². The maximum absolute atomic E-state index is 8.92. The highest BCUT2D eigenvalue weighted by molar-refractivity contribution is 7.15. The summed E-state index contributed by atoms with van der Waals surface area (Å²) in [5, 5.41) is 13.2. The molecule has 0 fully saturated rings. The topological polar surface area (TPSA) is 45.1 Å². The van der Waals surface area contributed by atoms with Crippen LogP contribution < -0.4 is 5.32 Å². The summed E-state index contributed by atoms with van der Waals surface area (Å²) in [6, 6.07) is 10.3. The van der Waals surface area contributed by atoms with Crippen molar-refractivity contribution in [3.63, 3.8) is 0 Å². The highest BCUT2D eigenvalue weighted by atomic mass is 32.1. The number of nitrogens with one attached hydrogen (secondary N) is 1. The lowest BCUT2D eigenvalue weighted by atomic mass is 10.2. The summed E-state index contributed by atoms with van der Waals surface area (Å²) in [6.07, 6.45) is 1.89. The molecule has 2 aromatic rings. The Bertz CT molecular complexity index is 455. The first-order valence-electron chi connectivity index (χ1n) is 5.64. The van der Waals surface area contributed by atoms with E-state index in [1.807, 2.05) is 31.3 Å². The number of benzene rings is 1. The summed E-state index contributed by atoms with van der Waals surface area (Å²) < 4.78 is 0. The van der Waals surface area contributed by atoms with E-state index in [4.69, 9.17) is 5.11 Å². The van der Waals surface area contributed by atoms with Crippen LogP contribution in [-0.4, -0.2) is 22.7 Å². The highest BCUT2D eigenvalue weighted by Gasteiger charge is 2.05. The molecule has 3 nitrogen and oxygen atoms in total. The van der Waals surface area contributed by atoms with Gasteiger partial charge in [0.05, 0.1) is 6.61 Å². The SMILES string of the molecule is C[C@H](CO)NCc1cnc(-c2ccccc2)s1. The number of hydrogen-bond donors (Lipinski definition) is 2. The number of rotatable bonds is 5. The smallest absolute Gasteiger partial charge is 0.123 e. The number of thiazole rings is 1. The third-order valence-corrected chi connectivity index (χ3v) is 3.52. The number of hydrogen-bond acceptors (Lipinski definition) is 4. The zero-order valence-corrected chi connectivity index (χ0v) is 10.6. The Morgan fingerprint density at radius 2 is 2.12 bits per heavy atom. The third kappa shape index (κ3) is 3.36. The standard InChI is InChI=1S/C13H16N2OS/c1-10(9-16)14-7-12-8-15-13(17-12)11-5-3-2-4-6-11/h2-6,8,10,14,16H,7,9H2,1H3/t10-/m1/s1. The maximum Gasteiger partial charge on any atom is 0.123 e. The molecule has 0 saturated heterocycles. The van der Waals surface area contributed by atoms with E-state index in [0.717, 1.165) is 17.1 Å². The molecule has 17 heavy (non-hydrogen) atoms. The van der Waals surface area contributed by atoms with Crippen molar-refractivity contribution in [1.82, 2.24) is 10.3 Å². The molecule has 0 amide bonds. The molecule has 0 saturated carbocycles. The molecule has 0 radical (unpaired) electrons. The van der Waals surface area contributed by atoms with Gasteiger partial charge in [0.15, 0.2) is 0 Å². The van der Waals surface area contributed by atoms with E-state index in [9.17, 15) is 0 Å².